The van der Waals surface area contributed by atoms with Gasteiger partial charge in [-0.05, 0) is 49.4 Å². The molecule has 9 heteroatoms. The molecule has 1 aromatic carbocycles. The summed E-state index contributed by atoms with van der Waals surface area (Å²) in [5.41, 5.74) is 1.48. The number of benzene rings is 1. The monoisotopic (exact) mass is 453 g/mol. The zero-order valence-electron chi connectivity index (χ0n) is 17.8. The van der Waals surface area contributed by atoms with Gasteiger partial charge in [0.05, 0.1) is 4.91 Å². The van der Waals surface area contributed by atoms with E-state index in [1.165, 1.54) is 0 Å². The van der Waals surface area contributed by atoms with E-state index >= 15 is 0 Å². The highest BCUT2D eigenvalue weighted by Crippen LogP contribution is 2.41. The van der Waals surface area contributed by atoms with Gasteiger partial charge in [-0.2, -0.15) is 0 Å². The first-order chi connectivity index (χ1) is 15.3. The second-order valence-electron chi connectivity index (χ2n) is 8.04. The number of rotatable bonds is 7. The number of nitrogens with zero attached hydrogens (tertiary/aromatic N) is 2. The summed E-state index contributed by atoms with van der Waals surface area (Å²) in [7, 11) is 0. The number of para-hydroxylation sites is 1. The molecule has 0 unspecified atom stereocenters. The number of hydrogen-bond acceptors (Lipinski definition) is 7. The molecule has 0 saturated carbocycles. The number of imide groups is 1. The summed E-state index contributed by atoms with van der Waals surface area (Å²) in [6, 6.07) is 9.17. The van der Waals surface area contributed by atoms with Crippen molar-refractivity contribution in [3.8, 4) is 11.5 Å². The summed E-state index contributed by atoms with van der Waals surface area (Å²) >= 11 is 0.874. The summed E-state index contributed by atoms with van der Waals surface area (Å²) in [6.45, 7) is 4.03. The van der Waals surface area contributed by atoms with E-state index in [4.69, 9.17) is 9.47 Å². The fourth-order valence-corrected chi connectivity index (χ4v) is 4.37. The molecule has 32 heavy (non-hydrogen) atoms. The molecule has 4 rings (SSSR count). The summed E-state index contributed by atoms with van der Waals surface area (Å²) in [4.78, 5) is 42.3. The van der Waals surface area contributed by atoms with Gasteiger partial charge in [-0.1, -0.05) is 18.2 Å². The molecule has 8 nitrogen and oxygen atoms in total. The number of amides is 3. The lowest BCUT2D eigenvalue weighted by molar-refractivity contribution is -0.125. The minimum absolute atomic E-state index is 0.0822. The highest BCUT2D eigenvalue weighted by Gasteiger charge is 2.35. The van der Waals surface area contributed by atoms with Crippen LogP contribution < -0.4 is 14.8 Å². The van der Waals surface area contributed by atoms with Gasteiger partial charge >= 0.3 is 0 Å². The zero-order chi connectivity index (χ0) is 22.7. The van der Waals surface area contributed by atoms with Crippen LogP contribution in [0.25, 0.3) is 6.08 Å². The van der Waals surface area contributed by atoms with Gasteiger partial charge in [0.25, 0.3) is 17.1 Å². The number of aromatic nitrogens is 1. The molecular formula is C23H23N3O5S. The van der Waals surface area contributed by atoms with E-state index < -0.39 is 0 Å². The highest BCUT2D eigenvalue weighted by molar-refractivity contribution is 8.18. The molecule has 1 N–H and O–H groups in total. The van der Waals surface area contributed by atoms with E-state index in [1.807, 2.05) is 26.0 Å². The second kappa shape index (κ2) is 9.04. The Kier molecular flexibility index (Phi) is 6.18. The molecule has 166 valence electrons. The van der Waals surface area contributed by atoms with E-state index in [0.717, 1.165) is 34.2 Å². The van der Waals surface area contributed by atoms with Crippen LogP contribution in [0.4, 0.5) is 4.79 Å². The molecular weight excluding hydrogens is 430 g/mol. The third-order valence-corrected chi connectivity index (χ3v) is 5.83. The molecule has 0 spiro atoms. The van der Waals surface area contributed by atoms with Crippen LogP contribution in [0.3, 0.4) is 0 Å². The number of ether oxygens (including phenoxy) is 2. The topological polar surface area (TPSA) is 97.8 Å². The van der Waals surface area contributed by atoms with Crippen LogP contribution in [0.2, 0.25) is 0 Å². The lowest BCUT2D eigenvalue weighted by atomic mass is 10.0. The Balaban J connectivity index is 1.26. The fourth-order valence-electron chi connectivity index (χ4n) is 3.51. The van der Waals surface area contributed by atoms with Crippen LogP contribution in [-0.4, -0.2) is 52.2 Å². The molecule has 1 saturated heterocycles. The van der Waals surface area contributed by atoms with Crippen LogP contribution in [0, 0.1) is 0 Å². The van der Waals surface area contributed by atoms with Crippen LogP contribution in [0.15, 0.2) is 47.6 Å². The maximum atomic E-state index is 12.5. The summed E-state index contributed by atoms with van der Waals surface area (Å²) in [6.07, 6.45) is 5.65. The van der Waals surface area contributed by atoms with E-state index in [9.17, 15) is 14.4 Å². The SMILES string of the molecule is CC1(C)Cc2cccc(OCC(=O)NCCN3C(=O)S/C(=C/c4cccnc4)C3=O)c2O1. The summed E-state index contributed by atoms with van der Waals surface area (Å²) in [5.74, 6) is 0.463. The standard InChI is InChI=1S/C23H23N3O5S/c1-23(2)12-16-6-3-7-17(20(16)31-23)30-14-19(27)25-9-10-26-21(28)18(32-22(26)29)11-15-5-4-8-24-13-15/h3-8,11,13H,9-10,12,14H2,1-2H3,(H,25,27)/b18-11+. The van der Waals surface area contributed by atoms with Crippen LogP contribution in [0.5, 0.6) is 11.5 Å². The Labute approximate surface area is 190 Å². The van der Waals surface area contributed by atoms with E-state index in [2.05, 4.69) is 10.3 Å². The third-order valence-electron chi connectivity index (χ3n) is 4.93. The van der Waals surface area contributed by atoms with Gasteiger partial charge in [-0.15, -0.1) is 0 Å². The molecule has 2 aromatic rings. The highest BCUT2D eigenvalue weighted by atomic mass is 32.2. The second-order valence-corrected chi connectivity index (χ2v) is 9.03. The van der Waals surface area contributed by atoms with Gasteiger partial charge < -0.3 is 14.8 Å². The lowest BCUT2D eigenvalue weighted by Crippen LogP contribution is -2.38. The van der Waals surface area contributed by atoms with Crippen molar-refractivity contribution in [3.63, 3.8) is 0 Å². The van der Waals surface area contributed by atoms with E-state index in [0.29, 0.717) is 16.4 Å². The first-order valence-electron chi connectivity index (χ1n) is 10.2. The average molecular weight is 454 g/mol. The Morgan fingerprint density at radius 2 is 2.16 bits per heavy atom. The molecule has 0 aliphatic carbocycles. The molecule has 0 bridgehead atoms. The Hall–Kier alpha value is -3.33. The van der Waals surface area contributed by atoms with Crippen molar-refractivity contribution in [2.45, 2.75) is 25.9 Å². The predicted octanol–water partition coefficient (Wildman–Crippen LogP) is 3.03. The predicted molar refractivity (Wildman–Crippen MR) is 120 cm³/mol. The fraction of sp³-hybridized carbons (Fsp3) is 0.304. The van der Waals surface area contributed by atoms with Gasteiger partial charge in [0.1, 0.15) is 5.60 Å². The van der Waals surface area contributed by atoms with Crippen molar-refractivity contribution in [1.82, 2.24) is 15.2 Å². The van der Waals surface area contributed by atoms with Gasteiger partial charge in [-0.25, -0.2) is 0 Å². The first kappa shape index (κ1) is 21.9. The largest absolute Gasteiger partial charge is 0.483 e. The number of nitrogens with one attached hydrogen (secondary N) is 1. The van der Waals surface area contributed by atoms with Crippen LogP contribution in [0.1, 0.15) is 25.0 Å². The summed E-state index contributed by atoms with van der Waals surface area (Å²) in [5, 5.41) is 2.31. The van der Waals surface area contributed by atoms with Crippen molar-refractivity contribution in [2.24, 2.45) is 0 Å². The third kappa shape index (κ3) is 4.94. The van der Waals surface area contributed by atoms with Crippen molar-refractivity contribution < 1.29 is 23.9 Å². The van der Waals surface area contributed by atoms with Crippen molar-refractivity contribution in [3.05, 3.63) is 58.8 Å². The zero-order valence-corrected chi connectivity index (χ0v) is 18.6. The number of hydrogen-bond donors (Lipinski definition) is 1. The smallest absolute Gasteiger partial charge is 0.293 e. The number of thioether (sulfide) groups is 1. The van der Waals surface area contributed by atoms with Crippen LogP contribution in [-0.2, 0) is 16.0 Å². The van der Waals surface area contributed by atoms with Crippen molar-refractivity contribution in [1.29, 1.82) is 0 Å². The molecule has 0 atom stereocenters. The minimum atomic E-state index is -0.381. The molecule has 3 heterocycles. The normalized spacial score (nSPS) is 17.9. The summed E-state index contributed by atoms with van der Waals surface area (Å²) < 4.78 is 11.6. The maximum absolute atomic E-state index is 12.5. The number of pyridine rings is 1. The molecule has 3 amide bonds. The van der Waals surface area contributed by atoms with E-state index in [1.54, 1.807) is 36.7 Å². The van der Waals surface area contributed by atoms with E-state index in [-0.39, 0.29) is 42.4 Å². The number of carbonyl (C=O) groups is 3. The molecule has 0 radical (unpaired) electrons. The number of carbonyl (C=O) groups excluding carboxylic acids is 3. The van der Waals surface area contributed by atoms with Crippen LogP contribution >= 0.6 is 11.8 Å². The Morgan fingerprint density at radius 3 is 2.94 bits per heavy atom. The lowest BCUT2D eigenvalue weighted by Gasteiger charge is -2.18. The van der Waals surface area contributed by atoms with Crippen molar-refractivity contribution in [2.75, 3.05) is 19.7 Å². The molecule has 2 aliphatic rings. The first-order valence-corrected chi connectivity index (χ1v) is 11.0. The molecule has 2 aliphatic heterocycles. The Bertz CT molecular complexity index is 1080. The molecule has 1 aromatic heterocycles. The van der Waals surface area contributed by atoms with Gasteiger partial charge in [0.15, 0.2) is 18.1 Å². The minimum Gasteiger partial charge on any atom is -0.483 e. The average Bonchev–Trinajstić information content (AvgIpc) is 3.22. The van der Waals surface area contributed by atoms with Gasteiger partial charge in [0, 0.05) is 37.5 Å². The Morgan fingerprint density at radius 1 is 1.31 bits per heavy atom. The quantitative estimate of drug-likeness (QED) is 0.644. The van der Waals surface area contributed by atoms with Crippen molar-refractivity contribution >= 4 is 34.9 Å². The maximum Gasteiger partial charge on any atom is 0.293 e. The van der Waals surface area contributed by atoms with Gasteiger partial charge in [-0.3, -0.25) is 24.3 Å². The molecule has 1 fully saturated rings. The van der Waals surface area contributed by atoms with Gasteiger partial charge in [0.2, 0.25) is 0 Å². The number of fused-ring (bicyclic) bond motifs is 1.